The van der Waals surface area contributed by atoms with E-state index in [4.69, 9.17) is 18.9 Å². The number of hydrogen-bond acceptors (Lipinski definition) is 16. The maximum Gasteiger partial charge on any atom is 1.00 e. The van der Waals surface area contributed by atoms with E-state index in [1.807, 2.05) is 72.8 Å². The third-order valence-corrected chi connectivity index (χ3v) is 12.5. The Balaban J connectivity index is 0.00000512. The van der Waals surface area contributed by atoms with Gasteiger partial charge < -0.3 is 37.2 Å². The fourth-order valence-electron chi connectivity index (χ4n) is 6.87. The van der Waals surface area contributed by atoms with Gasteiger partial charge in [0, 0.05) is 48.7 Å². The van der Waals surface area contributed by atoms with Crippen LogP contribution in [0.2, 0.25) is 0 Å². The molecule has 0 radical (unpaired) electrons. The third-order valence-electron chi connectivity index (χ3n) is 9.38. The van der Waals surface area contributed by atoms with Gasteiger partial charge in [-0.2, -0.15) is 0 Å². The van der Waals surface area contributed by atoms with E-state index < -0.39 is 63.5 Å². The van der Waals surface area contributed by atoms with Crippen LogP contribution in [0.4, 0.5) is 0 Å². The summed E-state index contributed by atoms with van der Waals surface area (Å²) in [5.41, 5.74) is 5.17. The number of rotatable bonds is 20. The first-order valence-corrected chi connectivity index (χ1v) is 25.2. The summed E-state index contributed by atoms with van der Waals surface area (Å²) in [5, 5.41) is 0. The molecule has 5 rings (SSSR count). The van der Waals surface area contributed by atoms with Crippen molar-refractivity contribution in [2.45, 2.75) is 51.4 Å². The Morgan fingerprint density at radius 1 is 0.328 bits per heavy atom. The maximum atomic E-state index is 11.4. The van der Waals surface area contributed by atoms with Crippen molar-refractivity contribution in [2.24, 2.45) is 0 Å². The molecule has 328 valence electrons. The fraction of sp³-hybridized carbons (Fsp3) is 0.400. The van der Waals surface area contributed by atoms with E-state index in [0.717, 1.165) is 0 Å². The summed E-state index contributed by atoms with van der Waals surface area (Å²) in [6.07, 6.45) is 0.387. The molecule has 1 aliphatic rings. The van der Waals surface area contributed by atoms with E-state index in [0.29, 0.717) is 67.5 Å². The molecule has 0 saturated heterocycles. The zero-order chi connectivity index (χ0) is 43.6. The first-order chi connectivity index (χ1) is 28.2. The summed E-state index contributed by atoms with van der Waals surface area (Å²) >= 11 is 0. The van der Waals surface area contributed by atoms with Gasteiger partial charge in [0.05, 0.1) is 66.9 Å². The topological polar surface area (TPSA) is 266 Å². The molecule has 0 heterocycles. The first kappa shape index (κ1) is 61.7. The third kappa shape index (κ3) is 21.2. The van der Waals surface area contributed by atoms with Crippen molar-refractivity contribution in [3.63, 3.8) is 0 Å². The standard InChI is InChI=1S/C40H48O16S4.4Na/c41-57(42,43)21-5-17-53-37-29-9-1-10-30(37)26-32-12-3-14-34(39(32)55-19-7-23-59(47,48)49)28-36-16-4-15-35(40(36)56-20-8-24-60(50,51)52)27-33-13-2-11-31(25-29)38(33)54-18-6-22-58(44,45)46;;;;/h1-4,9-16H,5-8,17-28H2,(H,41,42,43)(H,44,45,46)(H,47,48,49)(H,50,51,52);;;;/q;4*+1/p-4. The molecule has 0 unspecified atom stereocenters. The van der Waals surface area contributed by atoms with Gasteiger partial charge in [-0.15, -0.1) is 0 Å². The van der Waals surface area contributed by atoms with Crippen molar-refractivity contribution >= 4 is 40.5 Å². The van der Waals surface area contributed by atoms with Gasteiger partial charge in [-0.25, -0.2) is 33.7 Å². The van der Waals surface area contributed by atoms with Crippen molar-refractivity contribution in [1.29, 1.82) is 0 Å². The van der Waals surface area contributed by atoms with E-state index in [-0.39, 0.29) is 196 Å². The number of para-hydroxylation sites is 4. The van der Waals surface area contributed by atoms with Crippen molar-refractivity contribution in [1.82, 2.24) is 0 Å². The fourth-order valence-corrected chi connectivity index (χ4v) is 8.75. The zero-order valence-corrected chi connectivity index (χ0v) is 47.7. The summed E-state index contributed by atoms with van der Waals surface area (Å²) < 4.78 is 162. The van der Waals surface area contributed by atoms with E-state index in [9.17, 15) is 51.9 Å². The molecule has 0 fully saturated rings. The summed E-state index contributed by atoms with van der Waals surface area (Å²) in [4.78, 5) is 0. The van der Waals surface area contributed by atoms with Crippen molar-refractivity contribution < 1.29 is 189 Å². The molecule has 8 bridgehead atoms. The van der Waals surface area contributed by atoms with Crippen LogP contribution in [0.1, 0.15) is 70.2 Å². The summed E-state index contributed by atoms with van der Waals surface area (Å²) in [7, 11) is -18.1. The molecule has 0 atom stereocenters. The first-order valence-electron chi connectivity index (χ1n) is 18.9. The van der Waals surface area contributed by atoms with Crippen LogP contribution < -0.4 is 137 Å². The smallest absolute Gasteiger partial charge is 0.748 e. The average molecular weight is 1000 g/mol. The van der Waals surface area contributed by atoms with Crippen molar-refractivity contribution in [3.8, 4) is 23.0 Å². The van der Waals surface area contributed by atoms with Gasteiger partial charge >= 0.3 is 118 Å². The molecule has 0 spiro atoms. The summed E-state index contributed by atoms with van der Waals surface area (Å²) in [6.45, 7) is -0.485. The molecule has 64 heavy (non-hydrogen) atoms. The minimum Gasteiger partial charge on any atom is -0.748 e. The SMILES string of the molecule is O=S(=O)([O-])CCCOc1c2cccc1Cc1cccc(c1OCCCS(=O)(=O)[O-])Cc1cccc(c1OCCCS(=O)(=O)[O-])Cc1cccc(c1OCCCS(=O)(=O)[O-])C2.[Na+].[Na+].[Na+].[Na+]. The van der Waals surface area contributed by atoms with Crippen molar-refractivity contribution in [2.75, 3.05) is 49.4 Å². The van der Waals surface area contributed by atoms with Crippen LogP contribution in [-0.4, -0.2) is 101 Å². The van der Waals surface area contributed by atoms with Gasteiger partial charge in [0.2, 0.25) is 0 Å². The zero-order valence-electron chi connectivity index (χ0n) is 36.4. The van der Waals surface area contributed by atoms with E-state index in [2.05, 4.69) is 0 Å². The van der Waals surface area contributed by atoms with Crippen LogP contribution in [0, 0.1) is 0 Å². The molecule has 1 aliphatic carbocycles. The van der Waals surface area contributed by atoms with Gasteiger partial charge in [-0.1, -0.05) is 72.8 Å². The number of ether oxygens (including phenoxy) is 4. The average Bonchev–Trinajstić information content (AvgIpc) is 3.13. The normalized spacial score (nSPS) is 12.6. The quantitative estimate of drug-likeness (QED) is 0.0398. The molecule has 16 nitrogen and oxygen atoms in total. The molecular formula is C40H44Na4O16S4. The van der Waals surface area contributed by atoms with E-state index >= 15 is 0 Å². The summed E-state index contributed by atoms with van der Waals surface area (Å²) in [5.74, 6) is -0.988. The van der Waals surface area contributed by atoms with Crippen LogP contribution in [0.5, 0.6) is 23.0 Å². The number of benzene rings is 4. The molecule has 4 aromatic rings. The second-order valence-corrected chi connectivity index (χ2v) is 20.3. The molecular weight excluding hydrogens is 957 g/mol. The Morgan fingerprint density at radius 2 is 0.484 bits per heavy atom. The van der Waals surface area contributed by atoms with Gasteiger partial charge in [-0.3, -0.25) is 0 Å². The van der Waals surface area contributed by atoms with Gasteiger partial charge in [0.15, 0.2) is 0 Å². The Hall–Kier alpha value is -0.280. The maximum absolute atomic E-state index is 11.4. The second kappa shape index (κ2) is 28.4. The minimum absolute atomic E-state index is 0. The predicted molar refractivity (Wildman–Crippen MR) is 216 cm³/mol. The van der Waals surface area contributed by atoms with Gasteiger partial charge in [0.25, 0.3) is 0 Å². The Kier molecular flexibility index (Phi) is 27.4. The molecule has 0 aromatic heterocycles. The molecule has 0 N–H and O–H groups in total. The van der Waals surface area contributed by atoms with E-state index in [1.54, 1.807) is 0 Å². The van der Waals surface area contributed by atoms with E-state index in [1.165, 1.54) is 0 Å². The summed E-state index contributed by atoms with van der Waals surface area (Å²) in [6, 6.07) is 21.7. The molecule has 0 amide bonds. The molecule has 4 aromatic carbocycles. The molecule has 0 aliphatic heterocycles. The van der Waals surface area contributed by atoms with Gasteiger partial charge in [-0.05, 0) is 70.2 Å². The van der Waals surface area contributed by atoms with Crippen LogP contribution in [0.25, 0.3) is 0 Å². The number of hydrogen-bond donors (Lipinski definition) is 0. The molecule has 24 heteroatoms. The predicted octanol–water partition coefficient (Wildman–Crippen LogP) is -8.36. The number of fused-ring (bicyclic) bond motifs is 8. The Morgan fingerprint density at radius 3 is 0.625 bits per heavy atom. The largest absolute Gasteiger partial charge is 1.00 e. The second-order valence-electron chi connectivity index (χ2n) is 14.2. The van der Waals surface area contributed by atoms with Crippen LogP contribution in [-0.2, 0) is 66.2 Å². The van der Waals surface area contributed by atoms with Crippen LogP contribution >= 0.6 is 0 Å². The van der Waals surface area contributed by atoms with Gasteiger partial charge in [0.1, 0.15) is 23.0 Å². The molecule has 0 saturated carbocycles. The van der Waals surface area contributed by atoms with Crippen LogP contribution in [0.3, 0.4) is 0 Å². The Bertz CT molecular complexity index is 2160. The van der Waals surface area contributed by atoms with Crippen molar-refractivity contribution in [3.05, 3.63) is 117 Å². The Labute approximate surface area is 464 Å². The van der Waals surface area contributed by atoms with Crippen LogP contribution in [0.15, 0.2) is 72.8 Å². The minimum atomic E-state index is -4.52. The monoisotopic (exact) mass is 1000 g/mol.